The van der Waals surface area contributed by atoms with Crippen molar-refractivity contribution in [3.8, 4) is 0 Å². The molecule has 4 nitrogen and oxygen atoms in total. The Morgan fingerprint density at radius 3 is 2.86 bits per heavy atom. The number of anilines is 1. The van der Waals surface area contributed by atoms with Crippen LogP contribution in [-0.2, 0) is 11.2 Å². The first-order valence-electron chi connectivity index (χ1n) is 6.44. The SMILES string of the molecule is CC1SC(=N)N(c2ncc(Cc3cccc(Cl)c3Cl)s2)C1=O. The number of thiazole rings is 1. The van der Waals surface area contributed by atoms with Gasteiger partial charge in [-0.2, -0.15) is 0 Å². The summed E-state index contributed by atoms with van der Waals surface area (Å²) in [6.07, 6.45) is 2.31. The van der Waals surface area contributed by atoms with Crippen LogP contribution in [0.15, 0.2) is 24.4 Å². The van der Waals surface area contributed by atoms with Crippen molar-refractivity contribution in [3.05, 3.63) is 44.9 Å². The van der Waals surface area contributed by atoms with Crippen molar-refractivity contribution in [2.24, 2.45) is 0 Å². The smallest absolute Gasteiger partial charge is 0.248 e. The number of hydrogen-bond acceptors (Lipinski definition) is 5. The number of benzene rings is 1. The van der Waals surface area contributed by atoms with E-state index in [9.17, 15) is 4.79 Å². The fourth-order valence-electron chi connectivity index (χ4n) is 2.09. The predicted molar refractivity (Wildman–Crippen MR) is 93.6 cm³/mol. The van der Waals surface area contributed by atoms with E-state index in [2.05, 4.69) is 4.98 Å². The molecule has 1 amide bonds. The van der Waals surface area contributed by atoms with Crippen LogP contribution in [0.5, 0.6) is 0 Å². The van der Waals surface area contributed by atoms with Crippen LogP contribution < -0.4 is 4.90 Å². The molecule has 22 heavy (non-hydrogen) atoms. The van der Waals surface area contributed by atoms with Gasteiger partial charge in [-0.1, -0.05) is 47.1 Å². The number of amides is 1. The number of carbonyl (C=O) groups is 1. The van der Waals surface area contributed by atoms with Crippen molar-refractivity contribution in [1.82, 2.24) is 4.98 Å². The van der Waals surface area contributed by atoms with Gasteiger partial charge in [-0.15, -0.1) is 11.3 Å². The molecule has 1 aliphatic heterocycles. The maximum atomic E-state index is 12.1. The number of rotatable bonds is 3. The molecule has 114 valence electrons. The Balaban J connectivity index is 1.84. The van der Waals surface area contributed by atoms with Gasteiger partial charge in [-0.3, -0.25) is 10.2 Å². The van der Waals surface area contributed by atoms with E-state index in [0.29, 0.717) is 21.6 Å². The number of thioether (sulfide) groups is 1. The van der Waals surface area contributed by atoms with Crippen molar-refractivity contribution >= 4 is 62.5 Å². The monoisotopic (exact) mass is 371 g/mol. The summed E-state index contributed by atoms with van der Waals surface area (Å²) in [6.45, 7) is 1.79. The summed E-state index contributed by atoms with van der Waals surface area (Å²) < 4.78 is 0. The molecule has 0 saturated carbocycles. The zero-order valence-electron chi connectivity index (χ0n) is 11.5. The average Bonchev–Trinajstić information content (AvgIpc) is 3.01. The summed E-state index contributed by atoms with van der Waals surface area (Å²) in [5.41, 5.74) is 0.912. The highest BCUT2D eigenvalue weighted by atomic mass is 35.5. The fraction of sp³-hybridized carbons (Fsp3) is 0.214. The molecular weight excluding hydrogens is 361 g/mol. The van der Waals surface area contributed by atoms with Gasteiger partial charge >= 0.3 is 0 Å². The highest BCUT2D eigenvalue weighted by Gasteiger charge is 2.36. The normalized spacial score (nSPS) is 18.3. The summed E-state index contributed by atoms with van der Waals surface area (Å²) in [6, 6.07) is 5.51. The number of halogens is 2. The lowest BCUT2D eigenvalue weighted by Gasteiger charge is -2.10. The number of nitrogens with zero attached hydrogens (tertiary/aromatic N) is 2. The van der Waals surface area contributed by atoms with Crippen LogP contribution in [0.1, 0.15) is 17.4 Å². The Morgan fingerprint density at radius 2 is 2.18 bits per heavy atom. The minimum Gasteiger partial charge on any atom is -0.278 e. The first-order chi connectivity index (χ1) is 10.5. The Hall–Kier alpha value is -1.08. The Kier molecular flexibility index (Phi) is 4.45. The van der Waals surface area contributed by atoms with Crippen LogP contribution in [0.4, 0.5) is 5.13 Å². The van der Waals surface area contributed by atoms with Crippen LogP contribution in [-0.4, -0.2) is 21.3 Å². The minimum absolute atomic E-state index is 0.100. The molecular formula is C14H11Cl2N3OS2. The second-order valence-corrected chi connectivity index (χ2v) is 7.95. The van der Waals surface area contributed by atoms with E-state index in [-0.39, 0.29) is 16.3 Å². The van der Waals surface area contributed by atoms with Crippen LogP contribution in [0.2, 0.25) is 10.0 Å². The van der Waals surface area contributed by atoms with Crippen molar-refractivity contribution in [2.75, 3.05) is 4.90 Å². The quantitative estimate of drug-likeness (QED) is 0.866. The molecule has 0 spiro atoms. The molecule has 3 rings (SSSR count). The zero-order valence-corrected chi connectivity index (χ0v) is 14.6. The summed E-state index contributed by atoms with van der Waals surface area (Å²) in [5.74, 6) is -0.100. The summed E-state index contributed by atoms with van der Waals surface area (Å²) in [5, 5.41) is 9.46. The molecule has 8 heteroatoms. The summed E-state index contributed by atoms with van der Waals surface area (Å²) in [7, 11) is 0. The number of hydrogen-bond donors (Lipinski definition) is 1. The minimum atomic E-state index is -0.234. The molecule has 1 aliphatic rings. The van der Waals surface area contributed by atoms with Crippen LogP contribution in [0, 0.1) is 5.41 Å². The highest BCUT2D eigenvalue weighted by molar-refractivity contribution is 8.16. The molecule has 1 N–H and O–H groups in total. The third-order valence-corrected chi connectivity index (χ3v) is 5.99. The molecule has 1 atom stereocenters. The van der Waals surface area contributed by atoms with Gasteiger partial charge in [0.15, 0.2) is 10.3 Å². The Bertz CT molecular complexity index is 762. The van der Waals surface area contributed by atoms with Gasteiger partial charge in [0.2, 0.25) is 5.91 Å². The lowest BCUT2D eigenvalue weighted by molar-refractivity contribution is -0.116. The lowest BCUT2D eigenvalue weighted by atomic mass is 10.1. The molecule has 0 bridgehead atoms. The van der Waals surface area contributed by atoms with Crippen molar-refractivity contribution in [2.45, 2.75) is 18.6 Å². The van der Waals surface area contributed by atoms with Crippen LogP contribution in [0.3, 0.4) is 0 Å². The first-order valence-corrected chi connectivity index (χ1v) is 8.89. The molecule has 1 unspecified atom stereocenters. The van der Waals surface area contributed by atoms with Crippen LogP contribution >= 0.6 is 46.3 Å². The fourth-order valence-corrected chi connectivity index (χ4v) is 4.30. The molecule has 0 aliphatic carbocycles. The Labute approximate surface area is 146 Å². The van der Waals surface area contributed by atoms with Crippen molar-refractivity contribution < 1.29 is 4.79 Å². The first kappa shape index (κ1) is 15.8. The van der Waals surface area contributed by atoms with E-state index in [1.165, 1.54) is 28.0 Å². The molecule has 1 fully saturated rings. The van der Waals surface area contributed by atoms with Gasteiger partial charge in [0.1, 0.15) is 0 Å². The van der Waals surface area contributed by atoms with Gasteiger partial charge in [0, 0.05) is 17.5 Å². The molecule has 2 heterocycles. The second kappa shape index (κ2) is 6.20. The van der Waals surface area contributed by atoms with Crippen LogP contribution in [0.25, 0.3) is 0 Å². The number of aromatic nitrogens is 1. The summed E-state index contributed by atoms with van der Waals surface area (Å²) >= 11 is 14.8. The van der Waals surface area contributed by atoms with E-state index in [0.717, 1.165) is 10.4 Å². The lowest BCUT2D eigenvalue weighted by Crippen LogP contribution is -2.30. The number of amidine groups is 1. The predicted octanol–water partition coefficient (Wildman–Crippen LogP) is 4.44. The average molecular weight is 372 g/mol. The molecule has 0 radical (unpaired) electrons. The second-order valence-electron chi connectivity index (χ2n) is 4.74. The third-order valence-electron chi connectivity index (χ3n) is 3.19. The third kappa shape index (κ3) is 2.88. The van der Waals surface area contributed by atoms with E-state index in [4.69, 9.17) is 28.6 Å². The van der Waals surface area contributed by atoms with Crippen molar-refractivity contribution in [3.63, 3.8) is 0 Å². The standard InChI is InChI=1S/C14H11Cl2N3OS2/c1-7-12(20)19(13(17)21-7)14-18-6-9(22-14)5-8-3-2-4-10(15)11(8)16/h2-4,6-7,17H,5H2,1H3. The van der Waals surface area contributed by atoms with E-state index in [1.807, 2.05) is 12.1 Å². The Morgan fingerprint density at radius 1 is 1.41 bits per heavy atom. The zero-order chi connectivity index (χ0) is 15.9. The maximum Gasteiger partial charge on any atom is 0.248 e. The summed E-state index contributed by atoms with van der Waals surface area (Å²) in [4.78, 5) is 18.7. The van der Waals surface area contributed by atoms with Gasteiger partial charge in [-0.25, -0.2) is 9.88 Å². The van der Waals surface area contributed by atoms with Gasteiger partial charge in [-0.05, 0) is 18.6 Å². The highest BCUT2D eigenvalue weighted by Crippen LogP contribution is 2.35. The largest absolute Gasteiger partial charge is 0.278 e. The van der Waals surface area contributed by atoms with E-state index < -0.39 is 0 Å². The van der Waals surface area contributed by atoms with Gasteiger partial charge < -0.3 is 0 Å². The van der Waals surface area contributed by atoms with E-state index >= 15 is 0 Å². The molecule has 1 saturated heterocycles. The maximum absolute atomic E-state index is 12.1. The number of carbonyl (C=O) groups excluding carboxylic acids is 1. The number of nitrogens with one attached hydrogen (secondary N) is 1. The molecule has 1 aromatic heterocycles. The molecule has 2 aromatic rings. The molecule has 1 aromatic carbocycles. The van der Waals surface area contributed by atoms with Gasteiger partial charge in [0.25, 0.3) is 0 Å². The topological polar surface area (TPSA) is 57.1 Å². The van der Waals surface area contributed by atoms with E-state index in [1.54, 1.807) is 19.2 Å². The van der Waals surface area contributed by atoms with Gasteiger partial charge in [0.05, 0.1) is 15.3 Å². The van der Waals surface area contributed by atoms with Crippen molar-refractivity contribution in [1.29, 1.82) is 5.41 Å².